The van der Waals surface area contributed by atoms with Gasteiger partial charge in [0, 0.05) is 28.2 Å². The van der Waals surface area contributed by atoms with E-state index in [0.29, 0.717) is 12.0 Å². The molecule has 8 heteroatoms. The Morgan fingerprint density at radius 1 is 1.17 bits per heavy atom. The third-order valence-electron chi connectivity index (χ3n) is 10.1. The van der Waals surface area contributed by atoms with Crippen LogP contribution in [0, 0.1) is 34.0 Å². The lowest BCUT2D eigenvalue weighted by Crippen LogP contribution is -2.66. The lowest BCUT2D eigenvalue weighted by molar-refractivity contribution is -0.190. The lowest BCUT2D eigenvalue weighted by atomic mass is 9.42. The summed E-state index contributed by atoms with van der Waals surface area (Å²) in [5.74, 6) is -2.31. The maximum absolute atomic E-state index is 13.7. The van der Waals surface area contributed by atoms with E-state index in [9.17, 15) is 19.2 Å². The van der Waals surface area contributed by atoms with Crippen molar-refractivity contribution in [1.82, 2.24) is 0 Å². The molecule has 0 bridgehead atoms. The fraction of sp³-hybridized carbons (Fsp3) is 0.630. The molecule has 186 valence electrons. The van der Waals surface area contributed by atoms with Crippen LogP contribution >= 0.6 is 0 Å². The summed E-state index contributed by atoms with van der Waals surface area (Å²) in [5.41, 5.74) is -0.150. The highest BCUT2D eigenvalue weighted by atomic mass is 16.6. The summed E-state index contributed by atoms with van der Waals surface area (Å²) >= 11 is 0. The van der Waals surface area contributed by atoms with Crippen molar-refractivity contribution in [2.45, 2.75) is 58.8 Å². The van der Waals surface area contributed by atoms with Crippen molar-refractivity contribution in [3.63, 3.8) is 0 Å². The number of hydrogen-bond acceptors (Lipinski definition) is 8. The van der Waals surface area contributed by atoms with Crippen molar-refractivity contribution in [2.24, 2.45) is 34.0 Å². The Labute approximate surface area is 203 Å². The largest absolute Gasteiger partial charge is 0.469 e. The van der Waals surface area contributed by atoms with Gasteiger partial charge in [-0.25, -0.2) is 4.79 Å². The molecular weight excluding hydrogens is 452 g/mol. The Kier molecular flexibility index (Phi) is 4.50. The summed E-state index contributed by atoms with van der Waals surface area (Å²) in [5, 5.41) is 0. The monoisotopic (exact) mass is 482 g/mol. The van der Waals surface area contributed by atoms with Crippen molar-refractivity contribution in [1.29, 1.82) is 0 Å². The molecule has 8 nitrogen and oxygen atoms in total. The van der Waals surface area contributed by atoms with Gasteiger partial charge in [-0.2, -0.15) is 0 Å². The number of cyclic esters (lactones) is 1. The topological polar surface area (TPSA) is 105 Å². The number of carbonyl (C=O) groups excluding carboxylic acids is 4. The first-order chi connectivity index (χ1) is 16.5. The van der Waals surface area contributed by atoms with E-state index in [1.807, 2.05) is 33.8 Å². The average molecular weight is 483 g/mol. The van der Waals surface area contributed by atoms with Gasteiger partial charge >= 0.3 is 17.9 Å². The Bertz CT molecular complexity index is 1180. The van der Waals surface area contributed by atoms with E-state index in [1.54, 1.807) is 6.08 Å². The molecule has 1 saturated carbocycles. The van der Waals surface area contributed by atoms with E-state index in [4.69, 9.17) is 18.9 Å². The van der Waals surface area contributed by atoms with Gasteiger partial charge in [-0.05, 0) is 43.9 Å². The zero-order valence-electron chi connectivity index (χ0n) is 20.6. The van der Waals surface area contributed by atoms with Crippen molar-refractivity contribution < 1.29 is 38.1 Å². The molecule has 1 unspecified atom stereocenters. The molecule has 3 fully saturated rings. The van der Waals surface area contributed by atoms with Crippen LogP contribution in [0.25, 0.3) is 0 Å². The molecule has 0 aromatic rings. The molecule has 0 radical (unpaired) electrons. The van der Waals surface area contributed by atoms with E-state index in [0.717, 1.165) is 11.1 Å². The van der Waals surface area contributed by atoms with Crippen LogP contribution in [0.2, 0.25) is 0 Å². The summed E-state index contributed by atoms with van der Waals surface area (Å²) in [6.07, 6.45) is 4.12. The van der Waals surface area contributed by atoms with Crippen LogP contribution in [0.4, 0.5) is 0 Å². The molecule has 0 aromatic heterocycles. The SMILES string of the molecule is COC(=O)CC1[C@]2(C)C3=C(C)[C@H](C4=CCOC4=O)C[C@H]3O[C@@H]2[C@@H]2OC(=O)[C@]3(C)C=CC(=O)[C@@]1(C)[C@@H]23. The second-order valence-corrected chi connectivity index (χ2v) is 11.4. The fourth-order valence-corrected chi connectivity index (χ4v) is 8.57. The van der Waals surface area contributed by atoms with E-state index >= 15 is 0 Å². The number of allylic oxidation sites excluding steroid dienone is 2. The Hall–Kier alpha value is -2.74. The number of methoxy groups -OCH3 is 1. The number of ether oxygens (including phenoxy) is 4. The first-order valence-corrected chi connectivity index (χ1v) is 12.2. The van der Waals surface area contributed by atoms with E-state index in [1.165, 1.54) is 13.2 Å². The maximum atomic E-state index is 13.7. The number of ketones is 1. The molecule has 3 aliphatic heterocycles. The van der Waals surface area contributed by atoms with Crippen molar-refractivity contribution >= 4 is 23.7 Å². The fourth-order valence-electron chi connectivity index (χ4n) is 8.57. The van der Waals surface area contributed by atoms with Gasteiger partial charge in [0.1, 0.15) is 18.8 Å². The van der Waals surface area contributed by atoms with Gasteiger partial charge in [0.15, 0.2) is 5.78 Å². The second-order valence-electron chi connectivity index (χ2n) is 11.4. The van der Waals surface area contributed by atoms with Crippen LogP contribution in [0.3, 0.4) is 0 Å². The summed E-state index contributed by atoms with van der Waals surface area (Å²) in [4.78, 5) is 52.0. The molecule has 0 N–H and O–H groups in total. The smallest absolute Gasteiger partial charge is 0.334 e. The standard InChI is InChI=1S/C27H30O8/c1-12-14(13-7-9-33-23(13)30)10-15-19(12)27(4)16(11-18(29)32-5)26(3)17(28)6-8-25(2)21(26)20(22(27)34-15)35-24(25)31/h6-8,14-16,20-22H,9-11H2,1-5H3/t14-,15-,16?,20-,21+,22-,25-,26+,27-/m1/s1. The first-order valence-electron chi connectivity index (χ1n) is 12.2. The molecule has 2 saturated heterocycles. The third kappa shape index (κ3) is 2.51. The Morgan fingerprint density at radius 3 is 2.57 bits per heavy atom. The van der Waals surface area contributed by atoms with E-state index < -0.39 is 46.3 Å². The maximum Gasteiger partial charge on any atom is 0.334 e. The quantitative estimate of drug-likeness (QED) is 0.343. The predicted octanol–water partition coefficient (Wildman–Crippen LogP) is 2.47. The van der Waals surface area contributed by atoms with Gasteiger partial charge in [0.25, 0.3) is 0 Å². The third-order valence-corrected chi connectivity index (χ3v) is 10.1. The zero-order valence-corrected chi connectivity index (χ0v) is 20.6. The number of esters is 3. The minimum absolute atomic E-state index is 0.00926. The van der Waals surface area contributed by atoms with Crippen LogP contribution in [0.5, 0.6) is 0 Å². The predicted molar refractivity (Wildman–Crippen MR) is 120 cm³/mol. The number of hydrogen-bond donors (Lipinski definition) is 0. The Balaban J connectivity index is 1.56. The molecule has 35 heavy (non-hydrogen) atoms. The summed E-state index contributed by atoms with van der Waals surface area (Å²) < 4.78 is 22.9. The molecule has 9 atom stereocenters. The van der Waals surface area contributed by atoms with E-state index in [-0.39, 0.29) is 42.8 Å². The first kappa shape index (κ1) is 22.7. The van der Waals surface area contributed by atoms with Crippen molar-refractivity contribution in [3.8, 4) is 0 Å². The minimum Gasteiger partial charge on any atom is -0.469 e. The van der Waals surface area contributed by atoms with Gasteiger partial charge in [0.2, 0.25) is 0 Å². The van der Waals surface area contributed by atoms with Crippen molar-refractivity contribution in [2.75, 3.05) is 13.7 Å². The van der Waals surface area contributed by atoms with Crippen LogP contribution in [-0.4, -0.2) is 55.7 Å². The molecule has 6 rings (SSSR count). The molecule has 3 aliphatic carbocycles. The van der Waals surface area contributed by atoms with E-state index in [2.05, 4.69) is 0 Å². The average Bonchev–Trinajstić information content (AvgIpc) is 3.52. The van der Waals surface area contributed by atoms with Crippen LogP contribution in [-0.2, 0) is 38.1 Å². The summed E-state index contributed by atoms with van der Waals surface area (Å²) in [7, 11) is 1.34. The molecule has 0 aromatic carbocycles. The van der Waals surface area contributed by atoms with Gasteiger partial charge in [-0.15, -0.1) is 0 Å². The number of rotatable bonds is 3. The highest BCUT2D eigenvalue weighted by molar-refractivity contribution is 6.00. The van der Waals surface area contributed by atoms with Crippen LogP contribution in [0.15, 0.2) is 34.9 Å². The van der Waals surface area contributed by atoms with Gasteiger partial charge < -0.3 is 18.9 Å². The summed E-state index contributed by atoms with van der Waals surface area (Å²) in [6.45, 7) is 7.98. The molecule has 3 heterocycles. The summed E-state index contributed by atoms with van der Waals surface area (Å²) in [6, 6.07) is 0. The van der Waals surface area contributed by atoms with Gasteiger partial charge in [0.05, 0.1) is 25.0 Å². The number of fused-ring (bicyclic) bond motifs is 4. The second kappa shape index (κ2) is 6.93. The minimum atomic E-state index is -1.05. The zero-order chi connectivity index (χ0) is 25.1. The highest BCUT2D eigenvalue weighted by Crippen LogP contribution is 2.71. The lowest BCUT2D eigenvalue weighted by Gasteiger charge is -2.59. The highest BCUT2D eigenvalue weighted by Gasteiger charge is 2.78. The van der Waals surface area contributed by atoms with Crippen molar-refractivity contribution in [3.05, 3.63) is 34.9 Å². The normalized spacial score (nSPS) is 47.2. The van der Waals surface area contributed by atoms with Crippen LogP contribution < -0.4 is 0 Å². The molecule has 0 spiro atoms. The van der Waals surface area contributed by atoms with Gasteiger partial charge in [-0.1, -0.05) is 25.5 Å². The van der Waals surface area contributed by atoms with Gasteiger partial charge in [-0.3, -0.25) is 14.4 Å². The number of carbonyl (C=O) groups is 4. The molecular formula is C27H30O8. The molecule has 6 aliphatic rings. The Morgan fingerprint density at radius 2 is 1.91 bits per heavy atom. The van der Waals surface area contributed by atoms with Crippen LogP contribution in [0.1, 0.15) is 40.5 Å². The molecule has 0 amide bonds.